The first-order valence-corrected chi connectivity index (χ1v) is 15.5. The monoisotopic (exact) mass is 519 g/mol. The lowest BCUT2D eigenvalue weighted by molar-refractivity contribution is -0.910. The molecule has 0 aromatic carbocycles. The first-order chi connectivity index (χ1) is 15.7. The Kier molecular flexibility index (Phi) is 12.2. The fraction of sp³-hybridized carbons (Fsp3) is 1.00. The fourth-order valence-electron chi connectivity index (χ4n) is 9.19. The fourth-order valence-corrected chi connectivity index (χ4v) is 9.19. The second kappa shape index (κ2) is 14.3. The van der Waals surface area contributed by atoms with Crippen LogP contribution in [0, 0.1) is 0 Å². The maximum atomic E-state index is 2.61. The highest BCUT2D eigenvalue weighted by Crippen LogP contribution is 2.49. The molecule has 0 aromatic heterocycles. The minimum absolute atomic E-state index is 0. The molecule has 4 rings (SSSR count). The molecule has 0 saturated carbocycles. The summed E-state index contributed by atoms with van der Waals surface area (Å²) in [6.07, 6.45) is 30.6. The summed E-state index contributed by atoms with van der Waals surface area (Å²) in [7, 11) is 2.61. The Morgan fingerprint density at radius 3 is 1.21 bits per heavy atom. The van der Waals surface area contributed by atoms with Crippen LogP contribution < -0.4 is 17.0 Å². The number of rotatable bonds is 13. The molecule has 33 heavy (non-hydrogen) atoms. The van der Waals surface area contributed by atoms with Gasteiger partial charge in [0.15, 0.2) is 0 Å². The van der Waals surface area contributed by atoms with Gasteiger partial charge in [-0.3, -0.25) is 0 Å². The van der Waals surface area contributed by atoms with Crippen LogP contribution in [-0.2, 0) is 0 Å². The maximum absolute atomic E-state index is 2.61. The van der Waals surface area contributed by atoms with E-state index in [1.54, 1.807) is 89.7 Å². The van der Waals surface area contributed by atoms with Crippen LogP contribution in [0.5, 0.6) is 0 Å². The number of nitrogens with zero attached hydrogens (tertiary/aromatic N) is 1. The number of unbranched alkanes of at least 4 members (excludes halogenated alkanes) is 3. The topological polar surface area (TPSA) is 0 Å². The van der Waals surface area contributed by atoms with Gasteiger partial charge in [-0.25, -0.2) is 0 Å². The van der Waals surface area contributed by atoms with Crippen molar-refractivity contribution in [1.82, 2.24) is 0 Å². The van der Waals surface area contributed by atoms with E-state index in [0.29, 0.717) is 0 Å². The predicted octanol–water partition coefficient (Wildman–Crippen LogP) is 6.00. The van der Waals surface area contributed by atoms with Crippen molar-refractivity contribution in [2.24, 2.45) is 0 Å². The van der Waals surface area contributed by atoms with Crippen molar-refractivity contribution in [3.63, 3.8) is 0 Å². The third-order valence-corrected chi connectivity index (χ3v) is 11.0. The van der Waals surface area contributed by atoms with Crippen molar-refractivity contribution >= 4 is 13.4 Å². The first kappa shape index (κ1) is 28.1. The summed E-state index contributed by atoms with van der Waals surface area (Å²) in [6, 6.07) is 0. The van der Waals surface area contributed by atoms with Crippen LogP contribution in [-0.4, -0.2) is 44.6 Å². The lowest BCUT2D eigenvalue weighted by atomic mass is 9.26. The van der Waals surface area contributed by atoms with E-state index in [9.17, 15) is 0 Å². The molecule has 0 aliphatic carbocycles. The Hall–Kier alpha value is 0.570. The van der Waals surface area contributed by atoms with E-state index in [1.165, 1.54) is 62.6 Å². The van der Waals surface area contributed by atoms with Crippen LogP contribution in [0.4, 0.5) is 0 Å². The van der Waals surface area contributed by atoms with Gasteiger partial charge in [-0.2, -0.15) is 0 Å². The Morgan fingerprint density at radius 2 is 0.879 bits per heavy atom. The Balaban J connectivity index is 0.00000306. The van der Waals surface area contributed by atoms with Crippen LogP contribution in [0.2, 0.25) is 35.9 Å². The molecule has 4 aliphatic rings. The van der Waals surface area contributed by atoms with Crippen LogP contribution in [0.3, 0.4) is 0 Å². The molecule has 0 spiro atoms. The van der Waals surface area contributed by atoms with Crippen molar-refractivity contribution in [3.8, 4) is 0 Å². The lowest BCUT2D eigenvalue weighted by Crippen LogP contribution is -3.00. The van der Waals surface area contributed by atoms with Gasteiger partial charge in [-0.1, -0.05) is 139 Å². The van der Waals surface area contributed by atoms with E-state index in [4.69, 9.17) is 0 Å². The quantitative estimate of drug-likeness (QED) is 0.159. The zero-order valence-corrected chi connectivity index (χ0v) is 24.1. The lowest BCUT2D eigenvalue weighted by Gasteiger charge is -2.41. The molecule has 4 heteroatoms. The van der Waals surface area contributed by atoms with Crippen molar-refractivity contribution in [2.45, 2.75) is 158 Å². The normalized spacial score (nSPS) is 31.1. The number of halogens is 1. The van der Waals surface area contributed by atoms with Gasteiger partial charge >= 0.3 is 0 Å². The average Bonchev–Trinajstić information content (AvgIpc) is 2.78. The van der Waals surface area contributed by atoms with Gasteiger partial charge in [-0.05, 0) is 19.3 Å². The van der Waals surface area contributed by atoms with Gasteiger partial charge < -0.3 is 21.5 Å². The maximum Gasteiger partial charge on any atom is 0.146 e. The van der Waals surface area contributed by atoms with E-state index in [2.05, 4.69) is 14.0 Å². The highest BCUT2D eigenvalue weighted by Gasteiger charge is 2.39. The minimum Gasteiger partial charge on any atom is -1.00 e. The largest absolute Gasteiger partial charge is 1.00 e. The van der Waals surface area contributed by atoms with Gasteiger partial charge in [-0.15, -0.1) is 0 Å². The molecule has 0 atom stereocenters. The first-order valence-electron chi connectivity index (χ1n) is 15.5. The Labute approximate surface area is 219 Å². The minimum atomic E-state index is 0. The standard InChI is InChI=1S/C29H56B2N.BrH/c1-3-4-23-32(2,24-7-5-21-30-26-13-9-14-27(30)16-10-15-26)25-8-6-22-31-28-17-11-18-29(31)20-12-19-28;/h26-29H,3-25H2,1-2H3;1H/q+1;/p-1. The second-order valence-corrected chi connectivity index (χ2v) is 13.2. The second-order valence-electron chi connectivity index (χ2n) is 13.2. The summed E-state index contributed by atoms with van der Waals surface area (Å²) in [6.45, 7) is 8.95. The number of quaternary nitrogens is 1. The molecule has 4 bridgehead atoms. The predicted molar refractivity (Wildman–Crippen MR) is 146 cm³/mol. The summed E-state index contributed by atoms with van der Waals surface area (Å²) >= 11 is 0. The van der Waals surface area contributed by atoms with E-state index in [-0.39, 0.29) is 17.0 Å². The van der Waals surface area contributed by atoms with E-state index in [1.807, 2.05) is 0 Å². The van der Waals surface area contributed by atoms with Crippen molar-refractivity contribution < 1.29 is 21.5 Å². The summed E-state index contributed by atoms with van der Waals surface area (Å²) in [4.78, 5) is 0. The molecule has 1 nitrogen and oxygen atoms in total. The van der Waals surface area contributed by atoms with Crippen molar-refractivity contribution in [3.05, 3.63) is 0 Å². The molecule has 0 unspecified atom stereocenters. The average molecular weight is 520 g/mol. The molecule has 4 heterocycles. The number of hydrogen-bond donors (Lipinski definition) is 0. The molecule has 0 aromatic rings. The van der Waals surface area contributed by atoms with Gasteiger partial charge in [0.25, 0.3) is 0 Å². The molecule has 0 amide bonds. The van der Waals surface area contributed by atoms with Gasteiger partial charge in [0.2, 0.25) is 0 Å². The highest BCUT2D eigenvalue weighted by atomic mass is 79.9. The van der Waals surface area contributed by atoms with Crippen LogP contribution >= 0.6 is 0 Å². The zero-order chi connectivity index (χ0) is 22.2. The molecule has 4 saturated heterocycles. The highest BCUT2D eigenvalue weighted by molar-refractivity contribution is 6.63. The van der Waals surface area contributed by atoms with Gasteiger partial charge in [0.1, 0.15) is 13.4 Å². The van der Waals surface area contributed by atoms with Crippen LogP contribution in [0.25, 0.3) is 0 Å². The zero-order valence-electron chi connectivity index (χ0n) is 22.6. The van der Waals surface area contributed by atoms with Crippen molar-refractivity contribution in [1.29, 1.82) is 0 Å². The third-order valence-electron chi connectivity index (χ3n) is 11.0. The van der Waals surface area contributed by atoms with E-state index >= 15 is 0 Å². The smallest absolute Gasteiger partial charge is 0.146 e. The SMILES string of the molecule is CCCC[N+](C)(CCCCB1C2CCCC1CCC2)CCCCB1C2CCCC1CCC2.[Br-]. The Bertz CT molecular complexity index is 460. The third kappa shape index (κ3) is 8.03. The van der Waals surface area contributed by atoms with E-state index in [0.717, 1.165) is 36.7 Å². The summed E-state index contributed by atoms with van der Waals surface area (Å²) in [5.41, 5.74) is 0. The molecule has 0 radical (unpaired) electrons. The summed E-state index contributed by atoms with van der Waals surface area (Å²) in [5, 5.41) is 0. The van der Waals surface area contributed by atoms with Crippen LogP contribution in [0.1, 0.15) is 122 Å². The Morgan fingerprint density at radius 1 is 0.545 bits per heavy atom. The number of hydrogen-bond acceptors (Lipinski definition) is 0. The summed E-state index contributed by atoms with van der Waals surface area (Å²) < 4.78 is 1.38. The summed E-state index contributed by atoms with van der Waals surface area (Å²) in [5.74, 6) is 4.45. The molecular formula is C29H56B2BrN. The van der Waals surface area contributed by atoms with Crippen LogP contribution in [0.15, 0.2) is 0 Å². The van der Waals surface area contributed by atoms with Gasteiger partial charge in [0.05, 0.1) is 26.7 Å². The molecule has 4 aliphatic heterocycles. The molecular weight excluding hydrogens is 464 g/mol. The van der Waals surface area contributed by atoms with Crippen molar-refractivity contribution in [2.75, 3.05) is 26.7 Å². The molecule has 0 N–H and O–H groups in total. The van der Waals surface area contributed by atoms with Gasteiger partial charge in [0, 0.05) is 0 Å². The molecule has 190 valence electrons. The van der Waals surface area contributed by atoms with E-state index < -0.39 is 0 Å². The molecule has 4 fully saturated rings. The number of fused-ring (bicyclic) bond motifs is 4.